The van der Waals surface area contributed by atoms with Crippen molar-refractivity contribution in [3.8, 4) is 44.8 Å². The van der Waals surface area contributed by atoms with E-state index in [1.54, 1.807) is 84.4 Å². The number of carbonyl (C=O) groups excluding carboxylic acids is 3. The Kier molecular flexibility index (Phi) is 15.2. The van der Waals surface area contributed by atoms with Gasteiger partial charge in [0.15, 0.2) is 34.4 Å². The Morgan fingerprint density at radius 1 is 0.705 bits per heavy atom. The molecule has 0 spiro atoms. The molecule has 0 saturated carbocycles. The van der Waals surface area contributed by atoms with E-state index in [1.807, 2.05) is 73.1 Å². The number of thiophene rings is 2. The van der Waals surface area contributed by atoms with Gasteiger partial charge in [0.25, 0.3) is 17.7 Å². The van der Waals surface area contributed by atoms with Crippen molar-refractivity contribution < 1.29 is 37.8 Å². The third kappa shape index (κ3) is 12.3. The average Bonchev–Trinajstić information content (AvgIpc) is 4.14. The molecular formula is C44H39ClN6O8S2. The van der Waals surface area contributed by atoms with Crippen LogP contribution in [0.25, 0.3) is 33.3 Å². The first-order valence-electron chi connectivity index (χ1n) is 18.6. The van der Waals surface area contributed by atoms with Gasteiger partial charge < -0.3 is 39.4 Å². The smallest absolute Gasteiger partial charge is 0.277 e. The number of methoxy groups -OCH3 is 1. The summed E-state index contributed by atoms with van der Waals surface area (Å²) < 4.78 is 20.6. The van der Waals surface area contributed by atoms with Crippen molar-refractivity contribution in [2.45, 2.75) is 26.8 Å². The largest absolute Gasteiger partial charge is 0.506 e. The van der Waals surface area contributed by atoms with Crippen LogP contribution in [0.1, 0.15) is 55.3 Å². The van der Waals surface area contributed by atoms with Gasteiger partial charge >= 0.3 is 0 Å². The number of nitrogens with one attached hydrogen (secondary N) is 3. The maximum absolute atomic E-state index is 12.3. The van der Waals surface area contributed by atoms with Crippen molar-refractivity contribution in [1.29, 1.82) is 0 Å². The van der Waals surface area contributed by atoms with Gasteiger partial charge in [-0.3, -0.25) is 14.4 Å². The van der Waals surface area contributed by atoms with Crippen LogP contribution in [0.2, 0.25) is 5.02 Å². The number of aryl methyl sites for hydroxylation is 1. The van der Waals surface area contributed by atoms with Crippen LogP contribution in [0, 0.1) is 6.92 Å². The maximum Gasteiger partial charge on any atom is 0.277 e. The number of hydrogen-bond acceptors (Lipinski definition) is 13. The molecule has 0 bridgehead atoms. The SMILES string of the molecule is CCCNC(=O)c1cc(-c2ccc(Cl)cc2)on1.COc1ccc(-c2cc(C(=O)Nc3cc(C)ccc3O)no2)cc1.O=C(NCc1cccs1)c1cc(-c2cccs2)on1. The minimum absolute atomic E-state index is 0.00665. The summed E-state index contributed by atoms with van der Waals surface area (Å²) in [6, 6.07) is 31.9. The first-order valence-corrected chi connectivity index (χ1v) is 20.8. The van der Waals surface area contributed by atoms with E-state index in [1.165, 1.54) is 6.07 Å². The van der Waals surface area contributed by atoms with E-state index in [2.05, 4.69) is 31.4 Å². The molecule has 0 saturated heterocycles. The van der Waals surface area contributed by atoms with E-state index in [0.29, 0.717) is 46.8 Å². The van der Waals surface area contributed by atoms with E-state index >= 15 is 0 Å². The standard InChI is InChI=1S/C18H16N2O4.C13H13ClN2O2.C13H10N2O2S2/c1-11-3-8-16(21)14(9-11)19-18(22)15-10-17(24-20-15)12-4-6-13(23-2)7-5-12;1-2-7-15-13(17)11-8-12(18-16-11)9-3-5-10(14)6-4-9;16-13(14-8-9-3-1-5-18-9)10-7-11(17-15-10)12-4-2-6-19-12/h3-10,21H,1-2H3,(H,19,22);3-6,8H,2,7H2,1H3,(H,15,17);1-7H,8H2,(H,14,16). The van der Waals surface area contributed by atoms with Crippen molar-refractivity contribution in [2.24, 2.45) is 0 Å². The van der Waals surface area contributed by atoms with Gasteiger partial charge in [-0.15, -0.1) is 22.7 Å². The monoisotopic (exact) mass is 878 g/mol. The van der Waals surface area contributed by atoms with Crippen LogP contribution in [0.5, 0.6) is 11.5 Å². The van der Waals surface area contributed by atoms with E-state index < -0.39 is 5.91 Å². The Hall–Kier alpha value is -7.01. The average molecular weight is 879 g/mol. The molecule has 0 atom stereocenters. The molecule has 0 aliphatic heterocycles. The summed E-state index contributed by atoms with van der Waals surface area (Å²) in [7, 11) is 1.59. The number of carbonyl (C=O) groups is 3. The van der Waals surface area contributed by atoms with Crippen LogP contribution in [-0.2, 0) is 6.54 Å². The molecule has 0 unspecified atom stereocenters. The van der Waals surface area contributed by atoms with Gasteiger partial charge in [0, 0.05) is 45.8 Å². The fourth-order valence-corrected chi connectivity index (χ4v) is 6.70. The predicted octanol–water partition coefficient (Wildman–Crippen LogP) is 10.1. The third-order valence-electron chi connectivity index (χ3n) is 8.43. The first-order chi connectivity index (χ1) is 29.6. The number of amides is 3. The molecule has 3 aromatic carbocycles. The van der Waals surface area contributed by atoms with Crippen molar-refractivity contribution >= 4 is 57.7 Å². The topological polar surface area (TPSA) is 195 Å². The van der Waals surface area contributed by atoms with Gasteiger partial charge in [-0.05, 0) is 102 Å². The molecular weight excluding hydrogens is 840 g/mol. The fourth-order valence-electron chi connectivity index (χ4n) is 5.26. The number of hydrogen-bond donors (Lipinski definition) is 4. The molecule has 312 valence electrons. The molecule has 3 amide bonds. The summed E-state index contributed by atoms with van der Waals surface area (Å²) in [5.74, 6) is 1.46. The van der Waals surface area contributed by atoms with Gasteiger partial charge in [-0.2, -0.15) is 0 Å². The lowest BCUT2D eigenvalue weighted by Crippen LogP contribution is -2.24. The van der Waals surface area contributed by atoms with Crippen LogP contribution in [-0.4, -0.2) is 52.0 Å². The number of nitrogens with zero attached hydrogens (tertiary/aromatic N) is 3. The summed E-state index contributed by atoms with van der Waals surface area (Å²) in [6.45, 7) is 4.99. The lowest BCUT2D eigenvalue weighted by molar-refractivity contribution is 0.0935. The zero-order valence-electron chi connectivity index (χ0n) is 33.0. The maximum atomic E-state index is 12.3. The van der Waals surface area contributed by atoms with Crippen molar-refractivity contribution in [3.05, 3.63) is 152 Å². The van der Waals surface area contributed by atoms with Crippen molar-refractivity contribution in [1.82, 2.24) is 26.1 Å². The molecule has 0 fully saturated rings. The molecule has 0 radical (unpaired) electrons. The number of halogens is 1. The Bertz CT molecular complexity index is 2640. The quantitative estimate of drug-likeness (QED) is 0.0853. The molecule has 4 N–H and O–H groups in total. The minimum Gasteiger partial charge on any atom is -0.506 e. The summed E-state index contributed by atoms with van der Waals surface area (Å²) in [5.41, 5.74) is 3.58. The molecule has 5 aromatic heterocycles. The highest BCUT2D eigenvalue weighted by molar-refractivity contribution is 7.13. The lowest BCUT2D eigenvalue weighted by Gasteiger charge is -2.06. The Morgan fingerprint density at radius 2 is 1.28 bits per heavy atom. The van der Waals surface area contributed by atoms with Crippen LogP contribution < -0.4 is 20.7 Å². The Morgan fingerprint density at radius 3 is 1.87 bits per heavy atom. The second-order valence-corrected chi connectivity index (χ2v) is 15.4. The number of ether oxygens (including phenoxy) is 1. The molecule has 0 aliphatic carbocycles. The number of phenolic OH excluding ortho intramolecular Hbond substituents is 1. The zero-order chi connectivity index (χ0) is 43.1. The number of benzene rings is 3. The Labute approximate surface area is 363 Å². The molecule has 61 heavy (non-hydrogen) atoms. The second-order valence-electron chi connectivity index (χ2n) is 12.9. The Balaban J connectivity index is 0.000000155. The molecule has 0 aliphatic rings. The summed E-state index contributed by atoms with van der Waals surface area (Å²) in [4.78, 5) is 37.9. The van der Waals surface area contributed by atoms with Gasteiger partial charge in [0.05, 0.1) is 24.2 Å². The lowest BCUT2D eigenvalue weighted by atomic mass is 10.1. The molecule has 5 heterocycles. The summed E-state index contributed by atoms with van der Waals surface area (Å²) in [6.07, 6.45) is 0.883. The normalized spacial score (nSPS) is 10.4. The second kappa shape index (κ2) is 21.3. The van der Waals surface area contributed by atoms with Crippen LogP contribution in [0.3, 0.4) is 0 Å². The van der Waals surface area contributed by atoms with Crippen molar-refractivity contribution in [2.75, 3.05) is 19.0 Å². The molecule has 14 nitrogen and oxygen atoms in total. The number of aromatic hydroxyl groups is 1. The van der Waals surface area contributed by atoms with E-state index in [9.17, 15) is 19.5 Å². The number of rotatable bonds is 12. The van der Waals surface area contributed by atoms with Gasteiger partial charge in [0.2, 0.25) is 0 Å². The van der Waals surface area contributed by atoms with Gasteiger partial charge in [-0.1, -0.05) is 52.2 Å². The van der Waals surface area contributed by atoms with Gasteiger partial charge in [0.1, 0.15) is 11.5 Å². The first kappa shape index (κ1) is 43.6. The fraction of sp³-hybridized carbons (Fsp3) is 0.136. The predicted molar refractivity (Wildman–Crippen MR) is 234 cm³/mol. The molecule has 8 rings (SSSR count). The summed E-state index contributed by atoms with van der Waals surface area (Å²) in [5, 5.41) is 33.9. The number of aromatic nitrogens is 3. The van der Waals surface area contributed by atoms with Crippen LogP contribution in [0.15, 0.2) is 134 Å². The van der Waals surface area contributed by atoms with Gasteiger partial charge in [-0.25, -0.2) is 0 Å². The van der Waals surface area contributed by atoms with Crippen molar-refractivity contribution in [3.63, 3.8) is 0 Å². The highest BCUT2D eigenvalue weighted by atomic mass is 35.5. The van der Waals surface area contributed by atoms with E-state index in [-0.39, 0.29) is 29.0 Å². The minimum atomic E-state index is -0.459. The summed E-state index contributed by atoms with van der Waals surface area (Å²) >= 11 is 8.96. The highest BCUT2D eigenvalue weighted by Crippen LogP contribution is 2.28. The number of anilines is 1. The molecule has 8 aromatic rings. The number of phenols is 1. The van der Waals surface area contributed by atoms with Crippen LogP contribution in [0.4, 0.5) is 5.69 Å². The highest BCUT2D eigenvalue weighted by Gasteiger charge is 2.17. The molecule has 17 heteroatoms. The zero-order valence-corrected chi connectivity index (χ0v) is 35.4. The van der Waals surface area contributed by atoms with Crippen LogP contribution >= 0.6 is 34.3 Å². The third-order valence-corrected chi connectivity index (χ3v) is 10.4. The van der Waals surface area contributed by atoms with E-state index in [4.69, 9.17) is 29.9 Å². The van der Waals surface area contributed by atoms with E-state index in [0.717, 1.165) is 38.6 Å².